The van der Waals surface area contributed by atoms with Gasteiger partial charge in [0.1, 0.15) is 6.29 Å². The van der Waals surface area contributed by atoms with Crippen LogP contribution in [0.25, 0.3) is 0 Å². The van der Waals surface area contributed by atoms with Gasteiger partial charge in [-0.2, -0.15) is 0 Å². The Morgan fingerprint density at radius 1 is 1.28 bits per heavy atom. The number of amides is 1. The van der Waals surface area contributed by atoms with E-state index in [9.17, 15) is 9.59 Å². The molecular weight excluding hydrogens is 246 g/mol. The summed E-state index contributed by atoms with van der Waals surface area (Å²) in [6.07, 6.45) is 5.41. The Balaban J connectivity index is 2.03. The number of carbonyl (C=O) groups is 2. The molecule has 3 rings (SSSR count). The molecule has 0 aromatic heterocycles. The molecule has 0 unspecified atom stereocenters. The SMILES string of the molecule is O=Cc1ccc2c(c1)N(C1CCCC1)C(=O)CS2. The Bertz CT molecular complexity index is 495. The third-order valence-corrected chi connectivity index (χ3v) is 4.74. The molecule has 0 bridgehead atoms. The van der Waals surface area contributed by atoms with Gasteiger partial charge in [-0.1, -0.05) is 18.9 Å². The van der Waals surface area contributed by atoms with E-state index in [0.29, 0.717) is 17.4 Å². The lowest BCUT2D eigenvalue weighted by molar-refractivity contribution is -0.116. The van der Waals surface area contributed by atoms with Gasteiger partial charge in [-0.05, 0) is 25.0 Å². The predicted octanol–water partition coefficient (Wildman–Crippen LogP) is 2.88. The number of nitrogens with zero attached hydrogens (tertiary/aromatic N) is 1. The molecule has 94 valence electrons. The van der Waals surface area contributed by atoms with E-state index in [2.05, 4.69) is 0 Å². The molecule has 3 nitrogen and oxygen atoms in total. The maximum absolute atomic E-state index is 12.2. The highest BCUT2D eigenvalue weighted by atomic mass is 32.2. The summed E-state index contributed by atoms with van der Waals surface area (Å²) in [4.78, 5) is 26.1. The Labute approximate surface area is 111 Å². The first-order valence-electron chi connectivity index (χ1n) is 6.33. The van der Waals surface area contributed by atoms with E-state index in [-0.39, 0.29) is 5.91 Å². The summed E-state index contributed by atoms with van der Waals surface area (Å²) >= 11 is 1.57. The number of fused-ring (bicyclic) bond motifs is 1. The molecular formula is C14H15NO2S. The van der Waals surface area contributed by atoms with Gasteiger partial charge in [0.2, 0.25) is 5.91 Å². The van der Waals surface area contributed by atoms with Crippen molar-refractivity contribution in [3.8, 4) is 0 Å². The van der Waals surface area contributed by atoms with Gasteiger partial charge in [0.05, 0.1) is 11.4 Å². The summed E-state index contributed by atoms with van der Waals surface area (Å²) in [6, 6.07) is 5.96. The molecule has 1 aliphatic carbocycles. The van der Waals surface area contributed by atoms with Gasteiger partial charge in [-0.25, -0.2) is 0 Å². The number of hydrogen-bond acceptors (Lipinski definition) is 3. The number of benzene rings is 1. The van der Waals surface area contributed by atoms with E-state index in [1.54, 1.807) is 11.8 Å². The monoisotopic (exact) mass is 261 g/mol. The van der Waals surface area contributed by atoms with Gasteiger partial charge in [0, 0.05) is 16.5 Å². The zero-order valence-corrected chi connectivity index (χ0v) is 10.9. The van der Waals surface area contributed by atoms with Gasteiger partial charge >= 0.3 is 0 Å². The second-order valence-corrected chi connectivity index (χ2v) is 5.85. The standard InChI is InChI=1S/C14H15NO2S/c16-8-10-5-6-13-12(7-10)15(14(17)9-18-13)11-3-1-2-4-11/h5-8,11H,1-4,9H2. The van der Waals surface area contributed by atoms with Crippen molar-refractivity contribution in [1.82, 2.24) is 0 Å². The molecule has 0 spiro atoms. The second-order valence-electron chi connectivity index (χ2n) is 4.84. The van der Waals surface area contributed by atoms with Crippen LogP contribution in [0.2, 0.25) is 0 Å². The quantitative estimate of drug-likeness (QED) is 0.768. The van der Waals surface area contributed by atoms with Crippen LogP contribution in [0.1, 0.15) is 36.0 Å². The topological polar surface area (TPSA) is 37.4 Å². The van der Waals surface area contributed by atoms with Crippen LogP contribution < -0.4 is 4.90 Å². The van der Waals surface area contributed by atoms with Crippen molar-refractivity contribution in [3.05, 3.63) is 23.8 Å². The molecule has 4 heteroatoms. The number of anilines is 1. The number of thioether (sulfide) groups is 1. The molecule has 18 heavy (non-hydrogen) atoms. The minimum atomic E-state index is 0.183. The van der Waals surface area contributed by atoms with Crippen LogP contribution in [0.5, 0.6) is 0 Å². The highest BCUT2D eigenvalue weighted by molar-refractivity contribution is 8.00. The fourth-order valence-corrected chi connectivity index (χ4v) is 3.71. The molecule has 0 N–H and O–H groups in total. The van der Waals surface area contributed by atoms with Crippen LogP contribution >= 0.6 is 11.8 Å². The van der Waals surface area contributed by atoms with Crippen molar-refractivity contribution in [2.45, 2.75) is 36.6 Å². The largest absolute Gasteiger partial charge is 0.307 e. The first-order chi connectivity index (χ1) is 8.79. The fraction of sp³-hybridized carbons (Fsp3) is 0.429. The van der Waals surface area contributed by atoms with Crippen molar-refractivity contribution >= 4 is 29.6 Å². The Morgan fingerprint density at radius 3 is 2.78 bits per heavy atom. The maximum Gasteiger partial charge on any atom is 0.237 e. The molecule has 2 aliphatic rings. The number of hydrogen-bond donors (Lipinski definition) is 0. The normalized spacial score (nSPS) is 20.0. The highest BCUT2D eigenvalue weighted by Crippen LogP contribution is 2.39. The lowest BCUT2D eigenvalue weighted by atomic mass is 10.1. The molecule has 0 atom stereocenters. The zero-order chi connectivity index (χ0) is 12.5. The molecule has 1 fully saturated rings. The second kappa shape index (κ2) is 4.76. The van der Waals surface area contributed by atoms with Crippen molar-refractivity contribution in [3.63, 3.8) is 0 Å². The van der Waals surface area contributed by atoms with E-state index in [4.69, 9.17) is 0 Å². The summed E-state index contributed by atoms with van der Waals surface area (Å²) in [6.45, 7) is 0. The molecule has 1 aliphatic heterocycles. The molecule has 0 saturated heterocycles. The number of rotatable bonds is 2. The smallest absolute Gasteiger partial charge is 0.237 e. The van der Waals surface area contributed by atoms with Gasteiger partial charge in [0.15, 0.2) is 0 Å². The van der Waals surface area contributed by atoms with E-state index in [0.717, 1.165) is 29.7 Å². The minimum absolute atomic E-state index is 0.183. The summed E-state index contributed by atoms with van der Waals surface area (Å²) in [5, 5.41) is 0. The molecule has 1 aromatic carbocycles. The fourth-order valence-electron chi connectivity index (χ4n) is 2.82. The van der Waals surface area contributed by atoms with E-state index >= 15 is 0 Å². The molecule has 1 amide bonds. The van der Waals surface area contributed by atoms with Crippen molar-refractivity contribution in [2.75, 3.05) is 10.7 Å². The maximum atomic E-state index is 12.2. The summed E-state index contributed by atoms with van der Waals surface area (Å²) in [5.41, 5.74) is 1.58. The van der Waals surface area contributed by atoms with Crippen molar-refractivity contribution < 1.29 is 9.59 Å². The highest BCUT2D eigenvalue weighted by Gasteiger charge is 2.32. The summed E-state index contributed by atoms with van der Waals surface area (Å²) in [7, 11) is 0. The molecule has 0 radical (unpaired) electrons. The van der Waals surface area contributed by atoms with E-state index in [1.165, 1.54) is 12.8 Å². The van der Waals surface area contributed by atoms with Crippen LogP contribution in [0.3, 0.4) is 0 Å². The Kier molecular flexibility index (Phi) is 3.12. The average molecular weight is 261 g/mol. The molecule has 1 aromatic rings. The third-order valence-electron chi connectivity index (χ3n) is 3.69. The molecule has 1 saturated carbocycles. The number of carbonyl (C=O) groups excluding carboxylic acids is 2. The van der Waals surface area contributed by atoms with Crippen LogP contribution in [-0.4, -0.2) is 24.0 Å². The molecule has 1 heterocycles. The first kappa shape index (κ1) is 11.8. The number of aldehydes is 1. The lowest BCUT2D eigenvalue weighted by Gasteiger charge is -2.34. The minimum Gasteiger partial charge on any atom is -0.307 e. The predicted molar refractivity (Wildman–Crippen MR) is 72.3 cm³/mol. The van der Waals surface area contributed by atoms with E-state index < -0.39 is 0 Å². The van der Waals surface area contributed by atoms with E-state index in [1.807, 2.05) is 23.1 Å². The third kappa shape index (κ3) is 1.94. The van der Waals surface area contributed by atoms with Crippen LogP contribution in [0, 0.1) is 0 Å². The first-order valence-corrected chi connectivity index (χ1v) is 7.32. The van der Waals surface area contributed by atoms with Crippen LogP contribution in [0.4, 0.5) is 5.69 Å². The Hall–Kier alpha value is -1.29. The summed E-state index contributed by atoms with van der Waals surface area (Å²) in [5.74, 6) is 0.701. The van der Waals surface area contributed by atoms with Crippen molar-refractivity contribution in [1.29, 1.82) is 0 Å². The summed E-state index contributed by atoms with van der Waals surface area (Å²) < 4.78 is 0. The van der Waals surface area contributed by atoms with Crippen molar-refractivity contribution in [2.24, 2.45) is 0 Å². The Morgan fingerprint density at radius 2 is 2.06 bits per heavy atom. The van der Waals surface area contributed by atoms with Gasteiger partial charge < -0.3 is 4.90 Å². The average Bonchev–Trinajstić information content (AvgIpc) is 2.91. The zero-order valence-electron chi connectivity index (χ0n) is 10.1. The van der Waals surface area contributed by atoms with Gasteiger partial charge in [-0.15, -0.1) is 11.8 Å². The van der Waals surface area contributed by atoms with Crippen LogP contribution in [0.15, 0.2) is 23.1 Å². The van der Waals surface area contributed by atoms with Gasteiger partial charge in [-0.3, -0.25) is 9.59 Å². The lowest BCUT2D eigenvalue weighted by Crippen LogP contribution is -2.42. The van der Waals surface area contributed by atoms with Gasteiger partial charge in [0.25, 0.3) is 0 Å². The van der Waals surface area contributed by atoms with Crippen LogP contribution in [-0.2, 0) is 4.79 Å².